The average Bonchev–Trinajstić information content (AvgIpc) is 2.97. The zero-order chi connectivity index (χ0) is 19.0. The lowest BCUT2D eigenvalue weighted by Gasteiger charge is -2.23. The third kappa shape index (κ3) is 3.07. The molecule has 1 aliphatic rings. The highest BCUT2D eigenvalue weighted by molar-refractivity contribution is 6.08. The molecule has 0 spiro atoms. The third-order valence-electron chi connectivity index (χ3n) is 4.74. The molecule has 7 nitrogen and oxygen atoms in total. The van der Waals surface area contributed by atoms with Crippen LogP contribution in [0.25, 0.3) is 11.0 Å². The van der Waals surface area contributed by atoms with Gasteiger partial charge in [0.1, 0.15) is 36.3 Å². The van der Waals surface area contributed by atoms with Crippen LogP contribution in [0.15, 0.2) is 30.5 Å². The highest BCUT2D eigenvalue weighted by Crippen LogP contribution is 2.30. The number of ether oxygens (including phenoxy) is 1. The van der Waals surface area contributed by atoms with Gasteiger partial charge in [-0.15, -0.1) is 0 Å². The number of amides is 1. The molecule has 0 fully saturated rings. The van der Waals surface area contributed by atoms with Crippen LogP contribution in [0, 0.1) is 0 Å². The summed E-state index contributed by atoms with van der Waals surface area (Å²) in [5, 5.41) is 4.01. The molecule has 3 aromatic heterocycles. The summed E-state index contributed by atoms with van der Waals surface area (Å²) in [4.78, 5) is 23.2. The second-order valence-corrected chi connectivity index (χ2v) is 6.47. The highest BCUT2D eigenvalue weighted by atomic mass is 19.1. The number of carbonyl (C=O) groups is 1. The van der Waals surface area contributed by atoms with Crippen molar-refractivity contribution in [3.8, 4) is 5.75 Å². The molecule has 1 amide bonds. The van der Waals surface area contributed by atoms with Crippen LogP contribution in [0.3, 0.4) is 0 Å². The van der Waals surface area contributed by atoms with E-state index >= 15 is 0 Å². The standard InChI is InChI=1S/C19H20FN5O2/c1-24-9-7-14-17(19(24)26)13-4-6-16(23-18(13)25(14)2)22-15-5-3-12(11-21-15)27-10-8-20/h3-6,11H,7-10H2,1-2H3,(H,21,22,23). The first-order valence-corrected chi connectivity index (χ1v) is 8.74. The molecule has 0 aromatic carbocycles. The Balaban J connectivity index is 1.63. The van der Waals surface area contributed by atoms with Crippen LogP contribution >= 0.6 is 0 Å². The summed E-state index contributed by atoms with van der Waals surface area (Å²) >= 11 is 0. The van der Waals surface area contributed by atoms with Gasteiger partial charge in [-0.05, 0) is 24.3 Å². The van der Waals surface area contributed by atoms with Crippen molar-refractivity contribution in [2.24, 2.45) is 7.05 Å². The van der Waals surface area contributed by atoms with Crippen LogP contribution in [-0.4, -0.2) is 52.2 Å². The fourth-order valence-electron chi connectivity index (χ4n) is 3.34. The Morgan fingerprint density at radius 3 is 2.78 bits per heavy atom. The van der Waals surface area contributed by atoms with Crippen molar-refractivity contribution < 1.29 is 13.9 Å². The molecule has 0 atom stereocenters. The Bertz CT molecular complexity index is 999. The SMILES string of the molecule is CN1CCc2c(c3ccc(Nc4ccc(OCCF)cn4)nc3n2C)C1=O. The van der Waals surface area contributed by atoms with Gasteiger partial charge in [0.05, 0.1) is 11.8 Å². The summed E-state index contributed by atoms with van der Waals surface area (Å²) in [6.45, 7) is 0.184. The number of nitrogens with zero attached hydrogens (tertiary/aromatic N) is 4. The molecule has 0 saturated carbocycles. The Morgan fingerprint density at radius 2 is 2.04 bits per heavy atom. The third-order valence-corrected chi connectivity index (χ3v) is 4.74. The molecule has 0 radical (unpaired) electrons. The van der Waals surface area contributed by atoms with E-state index < -0.39 is 6.67 Å². The van der Waals surface area contributed by atoms with Crippen molar-refractivity contribution in [1.29, 1.82) is 0 Å². The van der Waals surface area contributed by atoms with Gasteiger partial charge in [-0.2, -0.15) is 0 Å². The predicted octanol–water partition coefficient (Wildman–Crippen LogP) is 2.69. The van der Waals surface area contributed by atoms with Crippen LogP contribution in [-0.2, 0) is 13.5 Å². The van der Waals surface area contributed by atoms with E-state index in [0.29, 0.717) is 23.9 Å². The number of likely N-dealkylation sites (N-methyl/N-ethyl adjacent to an activating group) is 1. The molecule has 4 heterocycles. The van der Waals surface area contributed by atoms with Crippen molar-refractivity contribution in [3.05, 3.63) is 41.7 Å². The number of nitrogens with one attached hydrogen (secondary N) is 1. The topological polar surface area (TPSA) is 72.3 Å². The largest absolute Gasteiger partial charge is 0.489 e. The molecule has 0 aliphatic carbocycles. The molecule has 0 saturated heterocycles. The van der Waals surface area contributed by atoms with Gasteiger partial charge in [0.2, 0.25) is 0 Å². The second kappa shape index (κ2) is 6.86. The summed E-state index contributed by atoms with van der Waals surface area (Å²) < 4.78 is 19.3. The first kappa shape index (κ1) is 17.3. The first-order chi connectivity index (χ1) is 13.1. The average molecular weight is 369 g/mol. The number of hydrogen-bond donors (Lipinski definition) is 1. The molecule has 0 unspecified atom stereocenters. The van der Waals surface area contributed by atoms with Crippen LogP contribution < -0.4 is 10.1 Å². The molecule has 8 heteroatoms. The van der Waals surface area contributed by atoms with E-state index in [1.54, 1.807) is 17.0 Å². The van der Waals surface area contributed by atoms with Gasteiger partial charge in [-0.25, -0.2) is 14.4 Å². The van der Waals surface area contributed by atoms with Crippen molar-refractivity contribution in [1.82, 2.24) is 19.4 Å². The number of alkyl halides is 1. The van der Waals surface area contributed by atoms with Gasteiger partial charge in [-0.1, -0.05) is 0 Å². The number of aromatic nitrogens is 3. The summed E-state index contributed by atoms with van der Waals surface area (Å²) in [7, 11) is 3.76. The van der Waals surface area contributed by atoms with Crippen LogP contribution in [0.4, 0.5) is 16.0 Å². The zero-order valence-electron chi connectivity index (χ0n) is 15.2. The lowest BCUT2D eigenvalue weighted by atomic mass is 10.1. The van der Waals surface area contributed by atoms with Gasteiger partial charge >= 0.3 is 0 Å². The highest BCUT2D eigenvalue weighted by Gasteiger charge is 2.28. The maximum absolute atomic E-state index is 12.6. The van der Waals surface area contributed by atoms with Crippen molar-refractivity contribution in [2.75, 3.05) is 32.2 Å². The van der Waals surface area contributed by atoms with Crippen LogP contribution in [0.5, 0.6) is 5.75 Å². The van der Waals surface area contributed by atoms with Crippen molar-refractivity contribution in [2.45, 2.75) is 6.42 Å². The number of halogens is 1. The number of carbonyl (C=O) groups excluding carboxylic acids is 1. The second-order valence-electron chi connectivity index (χ2n) is 6.47. The van der Waals surface area contributed by atoms with E-state index in [4.69, 9.17) is 4.74 Å². The number of fused-ring (bicyclic) bond motifs is 3. The Kier molecular flexibility index (Phi) is 4.39. The number of rotatable bonds is 5. The van der Waals surface area contributed by atoms with Gasteiger partial charge in [0, 0.05) is 38.1 Å². The van der Waals surface area contributed by atoms with Gasteiger partial charge in [0.15, 0.2) is 0 Å². The predicted molar refractivity (Wildman–Crippen MR) is 100 cm³/mol. The van der Waals surface area contributed by atoms with E-state index in [0.717, 1.165) is 28.7 Å². The molecule has 3 aromatic rings. The minimum Gasteiger partial charge on any atom is -0.489 e. The van der Waals surface area contributed by atoms with Gasteiger partial charge < -0.3 is 19.5 Å². The molecular formula is C19H20FN5O2. The molecule has 140 valence electrons. The van der Waals surface area contributed by atoms with Gasteiger partial charge in [0.25, 0.3) is 5.91 Å². The fraction of sp³-hybridized carbons (Fsp3) is 0.316. The molecule has 1 N–H and O–H groups in total. The van der Waals surface area contributed by atoms with E-state index in [1.165, 1.54) is 6.20 Å². The Morgan fingerprint density at radius 1 is 1.22 bits per heavy atom. The van der Waals surface area contributed by atoms with E-state index in [9.17, 15) is 9.18 Å². The van der Waals surface area contributed by atoms with Gasteiger partial charge in [-0.3, -0.25) is 4.79 Å². The summed E-state index contributed by atoms with van der Waals surface area (Å²) in [5.41, 5.74) is 2.52. The molecule has 0 bridgehead atoms. The Labute approximate surface area is 155 Å². The molecular weight excluding hydrogens is 349 g/mol. The quantitative estimate of drug-likeness (QED) is 0.749. The first-order valence-electron chi connectivity index (χ1n) is 8.74. The maximum Gasteiger partial charge on any atom is 0.256 e. The molecule has 1 aliphatic heterocycles. The van der Waals surface area contributed by atoms with Crippen LogP contribution in [0.1, 0.15) is 16.1 Å². The fourth-order valence-corrected chi connectivity index (χ4v) is 3.34. The Hall–Kier alpha value is -3.16. The summed E-state index contributed by atoms with van der Waals surface area (Å²) in [6, 6.07) is 7.21. The summed E-state index contributed by atoms with van der Waals surface area (Å²) in [6.07, 6.45) is 2.35. The lowest BCUT2D eigenvalue weighted by Crippen LogP contribution is -2.34. The number of aryl methyl sites for hydroxylation is 1. The molecule has 4 rings (SSSR count). The van der Waals surface area contributed by atoms with E-state index in [1.807, 2.05) is 30.8 Å². The van der Waals surface area contributed by atoms with Crippen LogP contribution in [0.2, 0.25) is 0 Å². The normalized spacial score (nSPS) is 13.7. The minimum absolute atomic E-state index is 0.0126. The number of anilines is 2. The monoisotopic (exact) mass is 369 g/mol. The lowest BCUT2D eigenvalue weighted by molar-refractivity contribution is 0.0781. The van der Waals surface area contributed by atoms with E-state index in [-0.39, 0.29) is 12.5 Å². The summed E-state index contributed by atoms with van der Waals surface area (Å²) in [5.74, 6) is 1.78. The molecule has 27 heavy (non-hydrogen) atoms. The smallest absolute Gasteiger partial charge is 0.256 e. The van der Waals surface area contributed by atoms with Crippen molar-refractivity contribution >= 4 is 28.6 Å². The number of pyridine rings is 2. The minimum atomic E-state index is -0.539. The number of hydrogen-bond acceptors (Lipinski definition) is 5. The zero-order valence-corrected chi connectivity index (χ0v) is 15.2. The van der Waals surface area contributed by atoms with E-state index in [2.05, 4.69) is 15.3 Å². The van der Waals surface area contributed by atoms with Crippen molar-refractivity contribution in [3.63, 3.8) is 0 Å². The maximum atomic E-state index is 12.6.